The standard InChI is InChI=1S/C19H20F3N5O4S/c1-2-17(28)26-32(29,30)14-6-7-16(24-9-14)27-10-15(18(25-27)19(20,21)22)31-11-13-5-3-4-12(13)8-23/h6-7,9-10,12-13H,2-5,11H2,1H3,(H,26,28). The Morgan fingerprint density at radius 1 is 1.38 bits per heavy atom. The van der Waals surface area contributed by atoms with Crippen molar-refractivity contribution in [1.82, 2.24) is 19.5 Å². The van der Waals surface area contributed by atoms with Crippen LogP contribution in [0.1, 0.15) is 38.3 Å². The molecule has 0 saturated heterocycles. The molecule has 0 aliphatic heterocycles. The van der Waals surface area contributed by atoms with Crippen molar-refractivity contribution in [3.05, 3.63) is 30.2 Å². The molecule has 0 radical (unpaired) electrons. The number of aromatic nitrogens is 3. The quantitative estimate of drug-likeness (QED) is 0.658. The minimum absolute atomic E-state index is 0.0446. The van der Waals surface area contributed by atoms with E-state index in [9.17, 15) is 26.4 Å². The van der Waals surface area contributed by atoms with Crippen molar-refractivity contribution in [3.63, 3.8) is 0 Å². The third-order valence-electron chi connectivity index (χ3n) is 5.06. The summed E-state index contributed by atoms with van der Waals surface area (Å²) in [5.74, 6) is -1.72. The van der Waals surface area contributed by atoms with Crippen molar-refractivity contribution >= 4 is 15.9 Å². The summed E-state index contributed by atoms with van der Waals surface area (Å²) in [5.41, 5.74) is -1.25. The van der Waals surface area contributed by atoms with E-state index in [4.69, 9.17) is 10.00 Å². The van der Waals surface area contributed by atoms with E-state index < -0.39 is 33.6 Å². The van der Waals surface area contributed by atoms with Crippen molar-refractivity contribution in [2.45, 2.75) is 43.7 Å². The Morgan fingerprint density at radius 3 is 2.72 bits per heavy atom. The lowest BCUT2D eigenvalue weighted by molar-refractivity contribution is -0.142. The number of ether oxygens (including phenoxy) is 1. The third kappa shape index (κ3) is 5.18. The molecule has 2 aromatic heterocycles. The van der Waals surface area contributed by atoms with Gasteiger partial charge in [0, 0.05) is 18.5 Å². The average molecular weight is 471 g/mol. The number of halogens is 3. The summed E-state index contributed by atoms with van der Waals surface area (Å²) >= 11 is 0. The van der Waals surface area contributed by atoms with Crippen LogP contribution in [-0.2, 0) is 21.0 Å². The topological polar surface area (TPSA) is 127 Å². The maximum atomic E-state index is 13.4. The highest BCUT2D eigenvalue weighted by Crippen LogP contribution is 2.37. The summed E-state index contributed by atoms with van der Waals surface area (Å²) in [6.45, 7) is 1.43. The van der Waals surface area contributed by atoms with Crippen molar-refractivity contribution < 1.29 is 31.1 Å². The van der Waals surface area contributed by atoms with Gasteiger partial charge in [-0.3, -0.25) is 4.79 Å². The lowest BCUT2D eigenvalue weighted by Gasteiger charge is -2.14. The molecule has 2 atom stereocenters. The number of pyridine rings is 1. The molecule has 1 aliphatic rings. The molecule has 0 aromatic carbocycles. The minimum Gasteiger partial charge on any atom is -0.489 e. The molecule has 3 rings (SSSR count). The summed E-state index contributed by atoms with van der Waals surface area (Å²) in [6.07, 6.45) is -0.723. The predicted octanol–water partition coefficient (Wildman–Crippen LogP) is 2.82. The van der Waals surface area contributed by atoms with Gasteiger partial charge in [-0.25, -0.2) is 22.8 Å². The first-order valence-corrected chi connectivity index (χ1v) is 11.2. The first kappa shape index (κ1) is 23.5. The average Bonchev–Trinajstić information content (AvgIpc) is 3.38. The van der Waals surface area contributed by atoms with E-state index in [-0.39, 0.29) is 35.6 Å². The van der Waals surface area contributed by atoms with Gasteiger partial charge in [0.15, 0.2) is 11.6 Å². The van der Waals surface area contributed by atoms with Crippen LogP contribution in [0.25, 0.3) is 5.82 Å². The number of nitrogens with zero attached hydrogens (tertiary/aromatic N) is 4. The molecular formula is C19H20F3N5O4S. The fourth-order valence-corrected chi connectivity index (χ4v) is 4.33. The Labute approximate surface area is 182 Å². The number of nitrogens with one attached hydrogen (secondary N) is 1. The van der Waals surface area contributed by atoms with Crippen molar-refractivity contribution in [2.24, 2.45) is 11.8 Å². The van der Waals surface area contributed by atoms with Gasteiger partial charge in [0.25, 0.3) is 10.0 Å². The molecule has 1 saturated carbocycles. The van der Waals surface area contributed by atoms with Gasteiger partial charge >= 0.3 is 6.18 Å². The van der Waals surface area contributed by atoms with Crippen LogP contribution >= 0.6 is 0 Å². The first-order valence-electron chi connectivity index (χ1n) is 9.76. The lowest BCUT2D eigenvalue weighted by Crippen LogP contribution is -2.29. The number of sulfonamides is 1. The molecule has 2 heterocycles. The predicted molar refractivity (Wildman–Crippen MR) is 104 cm³/mol. The summed E-state index contributed by atoms with van der Waals surface area (Å²) in [6, 6.07) is 4.40. The van der Waals surface area contributed by atoms with Gasteiger partial charge in [0.05, 0.1) is 24.8 Å². The second kappa shape index (κ2) is 9.15. The van der Waals surface area contributed by atoms with Gasteiger partial charge in [-0.15, -0.1) is 0 Å². The highest BCUT2D eigenvalue weighted by molar-refractivity contribution is 7.90. The van der Waals surface area contributed by atoms with Crippen LogP contribution in [0.3, 0.4) is 0 Å². The van der Waals surface area contributed by atoms with E-state index in [1.807, 2.05) is 4.72 Å². The number of hydrogen-bond acceptors (Lipinski definition) is 7. The van der Waals surface area contributed by atoms with Crippen molar-refractivity contribution in [3.8, 4) is 17.6 Å². The SMILES string of the molecule is CCC(=O)NS(=O)(=O)c1ccc(-n2cc(OCC3CCCC3C#N)c(C(F)(F)F)n2)nc1. The Balaban J connectivity index is 1.84. The van der Waals surface area contributed by atoms with Crippen LogP contribution in [0, 0.1) is 23.2 Å². The van der Waals surface area contributed by atoms with Crippen molar-refractivity contribution in [2.75, 3.05) is 6.61 Å². The van der Waals surface area contributed by atoms with E-state index >= 15 is 0 Å². The normalized spacial score (nSPS) is 18.8. The lowest BCUT2D eigenvalue weighted by atomic mass is 9.99. The van der Waals surface area contributed by atoms with E-state index in [0.717, 1.165) is 35.6 Å². The zero-order chi connectivity index (χ0) is 23.5. The highest BCUT2D eigenvalue weighted by Gasteiger charge is 2.39. The van der Waals surface area contributed by atoms with Crippen molar-refractivity contribution in [1.29, 1.82) is 5.26 Å². The van der Waals surface area contributed by atoms with Gasteiger partial charge in [-0.05, 0) is 25.0 Å². The third-order valence-corrected chi connectivity index (χ3v) is 6.42. The number of carbonyl (C=O) groups excluding carboxylic acids is 1. The Morgan fingerprint density at radius 2 is 2.12 bits per heavy atom. The van der Waals surface area contributed by atoms with Crippen LogP contribution in [0.15, 0.2) is 29.4 Å². The van der Waals surface area contributed by atoms with E-state index in [1.54, 1.807) is 0 Å². The largest absolute Gasteiger partial charge is 0.489 e. The first-order chi connectivity index (χ1) is 15.0. The maximum absolute atomic E-state index is 13.4. The van der Waals surface area contributed by atoms with E-state index in [0.29, 0.717) is 12.8 Å². The molecule has 1 amide bonds. The monoisotopic (exact) mass is 471 g/mol. The van der Waals surface area contributed by atoms with Crippen LogP contribution < -0.4 is 9.46 Å². The molecule has 2 unspecified atom stereocenters. The zero-order valence-electron chi connectivity index (χ0n) is 17.0. The summed E-state index contributed by atoms with van der Waals surface area (Å²) in [5, 5.41) is 12.6. The van der Waals surface area contributed by atoms with Gasteiger partial charge < -0.3 is 4.74 Å². The molecule has 13 heteroatoms. The molecule has 0 spiro atoms. The second-order valence-corrected chi connectivity index (χ2v) is 8.94. The Kier molecular flexibility index (Phi) is 6.73. The summed E-state index contributed by atoms with van der Waals surface area (Å²) in [4.78, 5) is 14.9. The van der Waals surface area contributed by atoms with Crippen LogP contribution in [0.5, 0.6) is 5.75 Å². The molecule has 0 bridgehead atoms. The molecule has 172 valence electrons. The molecule has 1 aliphatic carbocycles. The summed E-state index contributed by atoms with van der Waals surface area (Å²) < 4.78 is 72.6. The smallest absolute Gasteiger partial charge is 0.438 e. The van der Waals surface area contributed by atoms with Gasteiger partial charge in [-0.2, -0.15) is 23.5 Å². The van der Waals surface area contributed by atoms with Gasteiger partial charge in [0.1, 0.15) is 4.90 Å². The number of nitriles is 1. The number of alkyl halides is 3. The van der Waals surface area contributed by atoms with E-state index in [1.165, 1.54) is 6.92 Å². The number of amides is 1. The molecule has 1 N–H and O–H groups in total. The minimum atomic E-state index is -4.79. The number of hydrogen-bond donors (Lipinski definition) is 1. The number of carbonyl (C=O) groups is 1. The second-order valence-electron chi connectivity index (χ2n) is 7.26. The van der Waals surface area contributed by atoms with Gasteiger partial charge in [-0.1, -0.05) is 13.3 Å². The molecule has 2 aromatic rings. The fraction of sp³-hybridized carbons (Fsp3) is 0.474. The molecule has 9 nitrogen and oxygen atoms in total. The van der Waals surface area contributed by atoms with E-state index in [2.05, 4.69) is 16.2 Å². The fourth-order valence-electron chi connectivity index (χ4n) is 3.33. The molecule has 32 heavy (non-hydrogen) atoms. The molecule has 1 fully saturated rings. The van der Waals surface area contributed by atoms with Crippen LogP contribution in [-0.4, -0.2) is 35.7 Å². The van der Waals surface area contributed by atoms with Crippen LogP contribution in [0.4, 0.5) is 13.2 Å². The summed E-state index contributed by atoms with van der Waals surface area (Å²) in [7, 11) is -4.15. The Hall–Kier alpha value is -3.14. The number of rotatable bonds is 7. The maximum Gasteiger partial charge on any atom is 0.438 e. The zero-order valence-corrected chi connectivity index (χ0v) is 17.8. The van der Waals surface area contributed by atoms with Gasteiger partial charge in [0.2, 0.25) is 11.6 Å². The molecular weight excluding hydrogens is 451 g/mol. The Bertz CT molecular complexity index is 1120. The highest BCUT2D eigenvalue weighted by atomic mass is 32.2. The van der Waals surface area contributed by atoms with Crippen LogP contribution in [0.2, 0.25) is 0 Å².